The molecule has 0 aromatic heterocycles. The topological polar surface area (TPSA) is 47.3 Å². The van der Waals surface area contributed by atoms with Crippen molar-refractivity contribution in [2.45, 2.75) is 31.7 Å². The monoisotopic (exact) mass is 186 g/mol. The Hall–Kier alpha value is -0.120. The van der Waals surface area contributed by atoms with Gasteiger partial charge in [-0.1, -0.05) is 0 Å². The van der Waals surface area contributed by atoms with Gasteiger partial charge in [0, 0.05) is 19.7 Å². The summed E-state index contributed by atoms with van der Waals surface area (Å²) in [6.07, 6.45) is 5.15. The van der Waals surface area contributed by atoms with Crippen molar-refractivity contribution in [1.82, 2.24) is 5.32 Å². The van der Waals surface area contributed by atoms with Gasteiger partial charge in [-0.25, -0.2) is 0 Å². The van der Waals surface area contributed by atoms with Crippen LogP contribution in [0.2, 0.25) is 0 Å². The van der Waals surface area contributed by atoms with Crippen molar-refractivity contribution >= 4 is 0 Å². The van der Waals surface area contributed by atoms with Gasteiger partial charge in [-0.15, -0.1) is 0 Å². The predicted molar refractivity (Wildman–Crippen MR) is 54.7 cm³/mol. The molecular weight excluding hydrogens is 164 g/mol. The van der Waals surface area contributed by atoms with E-state index in [2.05, 4.69) is 5.32 Å². The fourth-order valence-corrected chi connectivity index (χ4v) is 1.97. The van der Waals surface area contributed by atoms with E-state index < -0.39 is 0 Å². The quantitative estimate of drug-likeness (QED) is 0.623. The summed E-state index contributed by atoms with van der Waals surface area (Å²) in [5.74, 6) is 0.778. The summed E-state index contributed by atoms with van der Waals surface area (Å²) < 4.78 is 4.99. The molecule has 0 saturated heterocycles. The van der Waals surface area contributed by atoms with Crippen molar-refractivity contribution in [2.24, 2.45) is 11.7 Å². The predicted octanol–water partition coefficient (Wildman–Crippen LogP) is 0.740. The van der Waals surface area contributed by atoms with Crippen LogP contribution in [0.4, 0.5) is 0 Å². The first-order valence-corrected chi connectivity index (χ1v) is 5.29. The Morgan fingerprint density at radius 3 is 2.54 bits per heavy atom. The Balaban J connectivity index is 2.03. The molecule has 0 aromatic carbocycles. The van der Waals surface area contributed by atoms with Crippen molar-refractivity contribution in [2.75, 3.05) is 26.8 Å². The molecule has 0 radical (unpaired) electrons. The number of nitrogens with two attached hydrogens (primary N) is 1. The summed E-state index contributed by atoms with van der Waals surface area (Å²) in [5, 5.41) is 3.50. The second-order valence-corrected chi connectivity index (χ2v) is 3.90. The summed E-state index contributed by atoms with van der Waals surface area (Å²) in [5.41, 5.74) is 5.63. The number of ether oxygens (including phenoxy) is 1. The highest BCUT2D eigenvalue weighted by molar-refractivity contribution is 4.77. The third-order valence-electron chi connectivity index (χ3n) is 2.92. The number of hydrogen-bond acceptors (Lipinski definition) is 3. The van der Waals surface area contributed by atoms with Crippen LogP contribution in [0, 0.1) is 5.92 Å². The van der Waals surface area contributed by atoms with Gasteiger partial charge in [0.05, 0.1) is 6.61 Å². The summed E-state index contributed by atoms with van der Waals surface area (Å²) in [4.78, 5) is 0. The first kappa shape index (κ1) is 11.0. The molecule has 0 spiro atoms. The summed E-state index contributed by atoms with van der Waals surface area (Å²) in [7, 11) is 1.74. The first-order chi connectivity index (χ1) is 6.36. The van der Waals surface area contributed by atoms with Crippen LogP contribution in [-0.2, 0) is 4.74 Å². The Kier molecular flexibility index (Phi) is 5.35. The fourth-order valence-electron chi connectivity index (χ4n) is 1.97. The molecule has 13 heavy (non-hydrogen) atoms. The maximum absolute atomic E-state index is 5.63. The zero-order chi connectivity index (χ0) is 9.52. The molecule has 0 aliphatic heterocycles. The largest absolute Gasteiger partial charge is 0.383 e. The van der Waals surface area contributed by atoms with Crippen LogP contribution in [0.1, 0.15) is 25.7 Å². The number of hydrogen-bond donors (Lipinski definition) is 2. The molecule has 3 heteroatoms. The van der Waals surface area contributed by atoms with Crippen LogP contribution >= 0.6 is 0 Å². The highest BCUT2D eigenvalue weighted by Crippen LogP contribution is 2.22. The molecule has 1 saturated carbocycles. The van der Waals surface area contributed by atoms with Crippen LogP contribution in [0.15, 0.2) is 0 Å². The third kappa shape index (κ3) is 4.07. The lowest BCUT2D eigenvalue weighted by atomic mass is 9.86. The van der Waals surface area contributed by atoms with Gasteiger partial charge >= 0.3 is 0 Å². The lowest BCUT2D eigenvalue weighted by Gasteiger charge is -2.28. The maximum Gasteiger partial charge on any atom is 0.0587 e. The van der Waals surface area contributed by atoms with E-state index in [1.54, 1.807) is 7.11 Å². The molecule has 0 atom stereocenters. The lowest BCUT2D eigenvalue weighted by molar-refractivity contribution is 0.189. The molecule has 1 aliphatic carbocycles. The Labute approximate surface area is 81.0 Å². The first-order valence-electron chi connectivity index (χ1n) is 5.29. The minimum atomic E-state index is 0.706. The summed E-state index contributed by atoms with van der Waals surface area (Å²) >= 11 is 0. The average molecular weight is 186 g/mol. The fraction of sp³-hybridized carbons (Fsp3) is 1.00. The number of methoxy groups -OCH3 is 1. The van der Waals surface area contributed by atoms with Gasteiger partial charge in [0.2, 0.25) is 0 Å². The second-order valence-electron chi connectivity index (χ2n) is 3.90. The van der Waals surface area contributed by atoms with Crippen LogP contribution in [-0.4, -0.2) is 32.8 Å². The molecular formula is C10H22N2O. The van der Waals surface area contributed by atoms with Crippen LogP contribution in [0.5, 0.6) is 0 Å². The third-order valence-corrected chi connectivity index (χ3v) is 2.92. The normalized spacial score (nSPS) is 29.1. The van der Waals surface area contributed by atoms with E-state index >= 15 is 0 Å². The molecule has 0 unspecified atom stereocenters. The zero-order valence-corrected chi connectivity index (χ0v) is 8.59. The van der Waals surface area contributed by atoms with Crippen LogP contribution in [0.25, 0.3) is 0 Å². The molecule has 3 nitrogen and oxygen atoms in total. The number of rotatable bonds is 5. The van der Waals surface area contributed by atoms with Crippen LogP contribution < -0.4 is 11.1 Å². The minimum absolute atomic E-state index is 0.706. The molecule has 1 fully saturated rings. The molecule has 78 valence electrons. The van der Waals surface area contributed by atoms with Gasteiger partial charge < -0.3 is 15.8 Å². The molecule has 1 rings (SSSR count). The molecule has 0 bridgehead atoms. The molecule has 0 aromatic rings. The second kappa shape index (κ2) is 6.35. The highest BCUT2D eigenvalue weighted by Gasteiger charge is 2.18. The van der Waals surface area contributed by atoms with Gasteiger partial charge in [-0.3, -0.25) is 0 Å². The molecule has 1 aliphatic rings. The molecule has 0 heterocycles. The highest BCUT2D eigenvalue weighted by atomic mass is 16.5. The van der Waals surface area contributed by atoms with Crippen molar-refractivity contribution in [1.29, 1.82) is 0 Å². The zero-order valence-electron chi connectivity index (χ0n) is 8.59. The average Bonchev–Trinajstić information content (AvgIpc) is 2.19. The van der Waals surface area contributed by atoms with Crippen molar-refractivity contribution in [3.63, 3.8) is 0 Å². The smallest absolute Gasteiger partial charge is 0.0587 e. The van der Waals surface area contributed by atoms with E-state index in [1.807, 2.05) is 0 Å². The summed E-state index contributed by atoms with van der Waals surface area (Å²) in [6.45, 7) is 2.66. The van der Waals surface area contributed by atoms with E-state index in [9.17, 15) is 0 Å². The molecule has 0 amide bonds. The van der Waals surface area contributed by atoms with Gasteiger partial charge in [-0.2, -0.15) is 0 Å². The van der Waals surface area contributed by atoms with Crippen LogP contribution in [0.3, 0.4) is 0 Å². The van der Waals surface area contributed by atoms with E-state index in [0.29, 0.717) is 6.04 Å². The van der Waals surface area contributed by atoms with E-state index in [1.165, 1.54) is 25.7 Å². The SMILES string of the molecule is COCCN[C@H]1CC[C@H](CN)CC1. The Morgan fingerprint density at radius 1 is 1.31 bits per heavy atom. The minimum Gasteiger partial charge on any atom is -0.383 e. The van der Waals surface area contributed by atoms with Gasteiger partial charge in [0.25, 0.3) is 0 Å². The van der Waals surface area contributed by atoms with Gasteiger partial charge in [-0.05, 0) is 38.1 Å². The van der Waals surface area contributed by atoms with Crippen molar-refractivity contribution in [3.8, 4) is 0 Å². The van der Waals surface area contributed by atoms with Gasteiger partial charge in [0.1, 0.15) is 0 Å². The summed E-state index contributed by atoms with van der Waals surface area (Å²) in [6, 6.07) is 0.706. The Morgan fingerprint density at radius 2 is 2.00 bits per heavy atom. The standard InChI is InChI=1S/C10H22N2O/c1-13-7-6-12-10-4-2-9(8-11)3-5-10/h9-10,12H,2-8,11H2,1H3/t9-,10-. The molecule has 3 N–H and O–H groups in total. The van der Waals surface area contributed by atoms with E-state index in [4.69, 9.17) is 10.5 Å². The van der Waals surface area contributed by atoms with Crippen molar-refractivity contribution in [3.05, 3.63) is 0 Å². The van der Waals surface area contributed by atoms with E-state index in [-0.39, 0.29) is 0 Å². The van der Waals surface area contributed by atoms with Crippen molar-refractivity contribution < 1.29 is 4.74 Å². The lowest BCUT2D eigenvalue weighted by Crippen LogP contribution is -2.36. The maximum atomic E-state index is 5.63. The Bertz CT molecular complexity index is 119. The van der Waals surface area contributed by atoms with Gasteiger partial charge in [0.15, 0.2) is 0 Å². The van der Waals surface area contributed by atoms with E-state index in [0.717, 1.165) is 25.6 Å². The number of nitrogens with one attached hydrogen (secondary N) is 1.